The van der Waals surface area contributed by atoms with E-state index in [2.05, 4.69) is 6.08 Å². The van der Waals surface area contributed by atoms with Crippen LogP contribution in [0, 0.1) is 6.08 Å². The van der Waals surface area contributed by atoms with Crippen molar-refractivity contribution in [1.82, 2.24) is 4.90 Å². The summed E-state index contributed by atoms with van der Waals surface area (Å²) in [5.74, 6) is -0.324. The van der Waals surface area contributed by atoms with E-state index in [0.717, 1.165) is 4.90 Å². The van der Waals surface area contributed by atoms with Crippen molar-refractivity contribution in [3.63, 3.8) is 0 Å². The summed E-state index contributed by atoms with van der Waals surface area (Å²) in [5.41, 5.74) is 0.908. The smallest absolute Gasteiger partial charge is 0.256 e. The molecule has 1 aliphatic rings. The molecule has 1 aromatic rings. The van der Waals surface area contributed by atoms with Crippen molar-refractivity contribution < 1.29 is 46.3 Å². The van der Waals surface area contributed by atoms with Crippen LogP contribution in [0.2, 0.25) is 5.02 Å². The maximum atomic E-state index is 12.6. The fraction of sp³-hybridized carbons (Fsp3) is 0.308. The molecule has 0 aliphatic carbocycles. The van der Waals surface area contributed by atoms with Gasteiger partial charge in [-0.3, -0.25) is 4.79 Å². The van der Waals surface area contributed by atoms with Crippen molar-refractivity contribution in [2.45, 2.75) is 16.8 Å². The van der Waals surface area contributed by atoms with Gasteiger partial charge in [0, 0.05) is 32.7 Å². The molecular formula is C13H10ClF2INOY-. The molecular weight excluding hydrogens is 475 g/mol. The Balaban J connectivity index is 0.00000200. The Kier molecular flexibility index (Phi) is 7.53. The number of carbonyl (C=O) groups is 1. The number of allylic oxidation sites excluding steroid dienone is 1. The zero-order valence-electron chi connectivity index (χ0n) is 10.3. The zero-order valence-corrected chi connectivity index (χ0v) is 16.1. The van der Waals surface area contributed by atoms with Gasteiger partial charge >= 0.3 is 0 Å². The van der Waals surface area contributed by atoms with E-state index in [1.807, 2.05) is 22.6 Å². The minimum Gasteiger partial charge on any atom is -0.341 e. The van der Waals surface area contributed by atoms with Gasteiger partial charge in [0.15, 0.2) is 0 Å². The van der Waals surface area contributed by atoms with Crippen LogP contribution in [-0.4, -0.2) is 27.7 Å². The van der Waals surface area contributed by atoms with Crippen LogP contribution in [0.4, 0.5) is 8.78 Å². The van der Waals surface area contributed by atoms with Gasteiger partial charge in [0.25, 0.3) is 6.43 Å². The van der Waals surface area contributed by atoms with Gasteiger partial charge < -0.3 is 4.90 Å². The summed E-state index contributed by atoms with van der Waals surface area (Å²) in [7, 11) is 0. The van der Waals surface area contributed by atoms with Crippen LogP contribution in [0.15, 0.2) is 24.3 Å². The maximum Gasteiger partial charge on any atom is 0.256 e. The number of rotatable bonds is 3. The van der Waals surface area contributed by atoms with E-state index < -0.39 is 13.0 Å². The Morgan fingerprint density at radius 3 is 2.70 bits per heavy atom. The molecule has 1 aliphatic heterocycles. The molecule has 1 unspecified atom stereocenters. The zero-order chi connectivity index (χ0) is 14.0. The summed E-state index contributed by atoms with van der Waals surface area (Å²) in [6.07, 6.45) is 0.818. The van der Waals surface area contributed by atoms with Gasteiger partial charge in [-0.05, 0) is 5.02 Å². The van der Waals surface area contributed by atoms with Crippen LogP contribution in [0.5, 0.6) is 0 Å². The van der Waals surface area contributed by atoms with Crippen molar-refractivity contribution in [2.24, 2.45) is 0 Å². The van der Waals surface area contributed by atoms with Crippen LogP contribution in [-0.2, 0) is 37.5 Å². The molecule has 1 amide bonds. The number of halogens is 4. The van der Waals surface area contributed by atoms with Crippen LogP contribution in [0.3, 0.4) is 0 Å². The SMILES string of the molecule is O=C1C(I)C[C-]=C(c2ccccc2Cl)N1CC(F)F.[Y]. The summed E-state index contributed by atoms with van der Waals surface area (Å²) in [5, 5.41) is 0.420. The third kappa shape index (κ3) is 4.21. The van der Waals surface area contributed by atoms with Gasteiger partial charge in [0.05, 0.1) is 10.5 Å². The molecule has 1 atom stereocenters. The molecule has 1 aromatic carbocycles. The van der Waals surface area contributed by atoms with Crippen molar-refractivity contribution in [1.29, 1.82) is 0 Å². The number of amides is 1. The summed E-state index contributed by atoms with van der Waals surface area (Å²) in [6.45, 7) is -0.633. The van der Waals surface area contributed by atoms with E-state index >= 15 is 0 Å². The second-order valence-electron chi connectivity index (χ2n) is 4.02. The first-order valence-corrected chi connectivity index (χ1v) is 7.22. The van der Waals surface area contributed by atoms with Crippen molar-refractivity contribution >= 4 is 45.8 Å². The number of hydrogen-bond donors (Lipinski definition) is 0. The molecule has 2 rings (SSSR count). The third-order valence-corrected chi connectivity index (χ3v) is 4.00. The topological polar surface area (TPSA) is 20.3 Å². The standard InChI is InChI=1S/C13H10ClF2INO.Y/c14-9-4-2-1-3-8(9)11-6-5-10(17)13(19)18(11)7-12(15)16;/h1-4,10,12H,5,7H2;/q-1;. The van der Waals surface area contributed by atoms with Gasteiger partial charge in [0.2, 0.25) is 5.91 Å². The quantitative estimate of drug-likeness (QED) is 0.363. The summed E-state index contributed by atoms with van der Waals surface area (Å²) in [4.78, 5) is 13.1. The minimum atomic E-state index is -2.59. The Bertz CT molecular complexity index is 527. The average molecular weight is 485 g/mol. The van der Waals surface area contributed by atoms with Gasteiger partial charge in [0.1, 0.15) is 0 Å². The number of nitrogens with zero attached hydrogens (tertiary/aromatic N) is 1. The predicted molar refractivity (Wildman–Crippen MR) is 78.2 cm³/mol. The van der Waals surface area contributed by atoms with Crippen molar-refractivity contribution in [3.05, 3.63) is 40.9 Å². The van der Waals surface area contributed by atoms with E-state index in [1.165, 1.54) is 0 Å². The van der Waals surface area contributed by atoms with Crippen LogP contribution < -0.4 is 0 Å². The molecule has 20 heavy (non-hydrogen) atoms. The van der Waals surface area contributed by atoms with Crippen molar-refractivity contribution in [2.75, 3.05) is 6.54 Å². The Labute approximate surface area is 159 Å². The molecule has 0 N–H and O–H groups in total. The number of carbonyl (C=O) groups excluding carboxylic acids is 1. The molecule has 0 fully saturated rings. The number of alkyl halides is 3. The maximum absolute atomic E-state index is 12.6. The van der Waals surface area contributed by atoms with E-state index in [-0.39, 0.29) is 42.5 Å². The van der Waals surface area contributed by atoms with E-state index in [1.54, 1.807) is 24.3 Å². The fourth-order valence-corrected chi connectivity index (χ4v) is 2.64. The van der Waals surface area contributed by atoms with E-state index in [0.29, 0.717) is 22.7 Å². The molecule has 1 heterocycles. The Morgan fingerprint density at radius 1 is 1.45 bits per heavy atom. The van der Waals surface area contributed by atoms with Gasteiger partial charge in [-0.25, -0.2) is 14.9 Å². The van der Waals surface area contributed by atoms with Gasteiger partial charge in [-0.2, -0.15) is 0 Å². The first kappa shape index (κ1) is 18.5. The summed E-state index contributed by atoms with van der Waals surface area (Å²) < 4.78 is 24.9. The first-order chi connectivity index (χ1) is 9.00. The second kappa shape index (κ2) is 8.15. The Hall–Kier alpha value is 0.414. The third-order valence-electron chi connectivity index (χ3n) is 2.70. The van der Waals surface area contributed by atoms with Gasteiger partial charge in [-0.1, -0.05) is 47.2 Å². The molecule has 0 spiro atoms. The summed E-state index contributed by atoms with van der Waals surface area (Å²) >= 11 is 7.99. The number of benzene rings is 1. The fourth-order valence-electron chi connectivity index (χ4n) is 1.86. The normalized spacial score (nSPS) is 18.9. The van der Waals surface area contributed by atoms with Crippen LogP contribution in [0.25, 0.3) is 5.70 Å². The monoisotopic (exact) mass is 485 g/mol. The first-order valence-electron chi connectivity index (χ1n) is 5.60. The molecule has 0 bridgehead atoms. The van der Waals surface area contributed by atoms with E-state index in [9.17, 15) is 13.6 Å². The second-order valence-corrected chi connectivity index (χ2v) is 5.93. The molecule has 0 saturated carbocycles. The number of hydrogen-bond acceptors (Lipinski definition) is 1. The Morgan fingerprint density at radius 2 is 2.10 bits per heavy atom. The molecule has 1 radical (unpaired) electrons. The summed E-state index contributed by atoms with van der Waals surface area (Å²) in [6, 6.07) is 6.85. The molecule has 0 aromatic heterocycles. The molecule has 0 saturated heterocycles. The van der Waals surface area contributed by atoms with Crippen molar-refractivity contribution in [3.8, 4) is 0 Å². The van der Waals surface area contributed by atoms with Gasteiger partial charge in [-0.15, -0.1) is 28.9 Å². The minimum absolute atomic E-state index is 0. The molecule has 105 valence electrons. The molecule has 7 heteroatoms. The largest absolute Gasteiger partial charge is 0.341 e. The van der Waals surface area contributed by atoms with Crippen LogP contribution in [0.1, 0.15) is 12.0 Å². The van der Waals surface area contributed by atoms with E-state index in [4.69, 9.17) is 11.6 Å². The molecule has 2 nitrogen and oxygen atoms in total. The average Bonchev–Trinajstić information content (AvgIpc) is 2.36. The van der Waals surface area contributed by atoms with Crippen LogP contribution >= 0.6 is 34.2 Å². The predicted octanol–water partition coefficient (Wildman–Crippen LogP) is 3.78.